The van der Waals surface area contributed by atoms with Gasteiger partial charge in [0.2, 0.25) is 5.91 Å². The fourth-order valence-corrected chi connectivity index (χ4v) is 4.12. The SMILES string of the molecule is CCc1ccc(Cl)c(CC)c1NC(=O)CN1CCN(CCOc2ccccc2)CC1. The monoisotopic (exact) mass is 429 g/mol. The predicted octanol–water partition coefficient (Wildman–Crippen LogP) is 4.10. The number of hydrogen-bond acceptors (Lipinski definition) is 4. The van der Waals surface area contributed by atoms with Crippen LogP contribution in [0, 0.1) is 0 Å². The maximum atomic E-state index is 12.7. The largest absolute Gasteiger partial charge is 0.492 e. The lowest BCUT2D eigenvalue weighted by Gasteiger charge is -2.34. The number of aryl methyl sites for hydroxylation is 1. The van der Waals surface area contributed by atoms with Crippen LogP contribution >= 0.6 is 11.6 Å². The van der Waals surface area contributed by atoms with Crippen molar-refractivity contribution < 1.29 is 9.53 Å². The summed E-state index contributed by atoms with van der Waals surface area (Å²) in [5.41, 5.74) is 3.05. The Labute approximate surface area is 185 Å². The van der Waals surface area contributed by atoms with Crippen LogP contribution in [0.5, 0.6) is 5.75 Å². The second-order valence-corrected chi connectivity index (χ2v) is 8.00. The highest BCUT2D eigenvalue weighted by atomic mass is 35.5. The number of hydrogen-bond donors (Lipinski definition) is 1. The van der Waals surface area contributed by atoms with Gasteiger partial charge in [0.05, 0.1) is 6.54 Å². The van der Waals surface area contributed by atoms with E-state index in [2.05, 4.69) is 29.0 Å². The van der Waals surface area contributed by atoms with Crippen molar-refractivity contribution in [3.63, 3.8) is 0 Å². The van der Waals surface area contributed by atoms with Crippen molar-refractivity contribution in [2.24, 2.45) is 0 Å². The van der Waals surface area contributed by atoms with E-state index in [1.165, 1.54) is 0 Å². The molecule has 5 nitrogen and oxygen atoms in total. The third kappa shape index (κ3) is 6.21. The molecule has 0 atom stereocenters. The first-order chi connectivity index (χ1) is 14.6. The highest BCUT2D eigenvalue weighted by Crippen LogP contribution is 2.29. The van der Waals surface area contributed by atoms with Crippen LogP contribution in [0.1, 0.15) is 25.0 Å². The Morgan fingerprint density at radius 3 is 2.37 bits per heavy atom. The topological polar surface area (TPSA) is 44.8 Å². The van der Waals surface area contributed by atoms with Gasteiger partial charge in [0.15, 0.2) is 0 Å². The van der Waals surface area contributed by atoms with E-state index in [-0.39, 0.29) is 5.91 Å². The first-order valence-electron chi connectivity index (χ1n) is 10.8. The lowest BCUT2D eigenvalue weighted by Crippen LogP contribution is -2.49. The second-order valence-electron chi connectivity index (χ2n) is 7.59. The van der Waals surface area contributed by atoms with E-state index in [1.54, 1.807) is 0 Å². The number of benzene rings is 2. The summed E-state index contributed by atoms with van der Waals surface area (Å²) in [6.07, 6.45) is 1.66. The molecule has 1 saturated heterocycles. The first kappa shape index (κ1) is 22.6. The van der Waals surface area contributed by atoms with Crippen molar-refractivity contribution in [1.82, 2.24) is 9.80 Å². The van der Waals surface area contributed by atoms with Crippen molar-refractivity contribution in [2.45, 2.75) is 26.7 Å². The van der Waals surface area contributed by atoms with E-state index >= 15 is 0 Å². The molecule has 1 fully saturated rings. The van der Waals surface area contributed by atoms with Gasteiger partial charge < -0.3 is 10.1 Å². The van der Waals surface area contributed by atoms with E-state index in [1.807, 2.05) is 42.5 Å². The fraction of sp³-hybridized carbons (Fsp3) is 0.458. The fourth-order valence-electron chi connectivity index (χ4n) is 3.83. The molecule has 6 heteroatoms. The minimum Gasteiger partial charge on any atom is -0.492 e. The summed E-state index contributed by atoms with van der Waals surface area (Å²) < 4.78 is 5.79. The Balaban J connectivity index is 1.44. The number of para-hydroxylation sites is 1. The molecule has 0 aliphatic carbocycles. The standard InChI is InChI=1S/C24H32ClN3O2/c1-3-19-10-11-22(25)21(4-2)24(19)26-23(29)18-28-14-12-27(13-15-28)16-17-30-20-8-6-5-7-9-20/h5-11H,3-4,12-18H2,1-2H3,(H,26,29). The molecule has 1 aliphatic heterocycles. The third-order valence-corrected chi connectivity index (χ3v) is 5.95. The minimum atomic E-state index is 0.0301. The summed E-state index contributed by atoms with van der Waals surface area (Å²) in [5, 5.41) is 3.85. The van der Waals surface area contributed by atoms with Crippen LogP contribution in [0.15, 0.2) is 42.5 Å². The number of anilines is 1. The van der Waals surface area contributed by atoms with Gasteiger partial charge in [0.1, 0.15) is 12.4 Å². The molecule has 2 aromatic rings. The maximum absolute atomic E-state index is 12.7. The summed E-state index contributed by atoms with van der Waals surface area (Å²) in [5.74, 6) is 0.939. The van der Waals surface area contributed by atoms with Crippen molar-refractivity contribution >= 4 is 23.2 Å². The number of nitrogens with zero attached hydrogens (tertiary/aromatic N) is 2. The number of ether oxygens (including phenoxy) is 1. The van der Waals surface area contributed by atoms with Gasteiger partial charge in [-0.2, -0.15) is 0 Å². The molecule has 0 unspecified atom stereocenters. The Morgan fingerprint density at radius 2 is 1.70 bits per heavy atom. The molecule has 0 radical (unpaired) electrons. The zero-order valence-corrected chi connectivity index (χ0v) is 18.8. The number of amides is 1. The normalized spacial score (nSPS) is 15.2. The third-order valence-electron chi connectivity index (χ3n) is 5.59. The van der Waals surface area contributed by atoms with Crippen LogP contribution in [0.25, 0.3) is 0 Å². The van der Waals surface area contributed by atoms with E-state index < -0.39 is 0 Å². The predicted molar refractivity (Wildman–Crippen MR) is 124 cm³/mol. The molecule has 1 N–H and O–H groups in total. The average Bonchev–Trinajstić information content (AvgIpc) is 2.76. The summed E-state index contributed by atoms with van der Waals surface area (Å²) in [6.45, 7) is 9.82. The lowest BCUT2D eigenvalue weighted by molar-refractivity contribution is -0.117. The first-order valence-corrected chi connectivity index (χ1v) is 11.2. The van der Waals surface area contributed by atoms with Gasteiger partial charge in [0, 0.05) is 43.4 Å². The van der Waals surface area contributed by atoms with Gasteiger partial charge in [0.25, 0.3) is 0 Å². The molecule has 2 aromatic carbocycles. The Bertz CT molecular complexity index is 821. The molecule has 162 valence electrons. The van der Waals surface area contributed by atoms with Gasteiger partial charge in [-0.05, 0) is 42.2 Å². The molecule has 3 rings (SSSR count). The quantitative estimate of drug-likeness (QED) is 0.651. The molecule has 0 saturated carbocycles. The van der Waals surface area contributed by atoms with Gasteiger partial charge >= 0.3 is 0 Å². The van der Waals surface area contributed by atoms with Crippen LogP contribution in [0.4, 0.5) is 5.69 Å². The number of piperazine rings is 1. The van der Waals surface area contributed by atoms with Crippen LogP contribution in [0.2, 0.25) is 5.02 Å². The Morgan fingerprint density at radius 1 is 1.00 bits per heavy atom. The lowest BCUT2D eigenvalue weighted by atomic mass is 10.0. The number of carbonyl (C=O) groups is 1. The Kier molecular flexibility index (Phi) is 8.55. The Hall–Kier alpha value is -2.08. The van der Waals surface area contributed by atoms with Gasteiger partial charge in [-0.1, -0.05) is 49.7 Å². The number of carbonyl (C=O) groups excluding carboxylic acids is 1. The molecule has 1 heterocycles. The molecule has 0 aromatic heterocycles. The molecular formula is C24H32ClN3O2. The summed E-state index contributed by atoms with van der Waals surface area (Å²) in [4.78, 5) is 17.3. The van der Waals surface area contributed by atoms with Crippen LogP contribution in [-0.4, -0.2) is 61.6 Å². The maximum Gasteiger partial charge on any atom is 0.238 e. The van der Waals surface area contributed by atoms with Gasteiger partial charge in [-0.25, -0.2) is 0 Å². The zero-order chi connectivity index (χ0) is 21.3. The molecular weight excluding hydrogens is 398 g/mol. The van der Waals surface area contributed by atoms with Crippen molar-refractivity contribution in [1.29, 1.82) is 0 Å². The highest BCUT2D eigenvalue weighted by Gasteiger charge is 2.20. The van der Waals surface area contributed by atoms with Crippen molar-refractivity contribution in [3.8, 4) is 5.75 Å². The number of nitrogens with one attached hydrogen (secondary N) is 1. The summed E-state index contributed by atoms with van der Waals surface area (Å²) >= 11 is 6.35. The van der Waals surface area contributed by atoms with E-state index in [0.717, 1.165) is 73.2 Å². The van der Waals surface area contributed by atoms with E-state index in [0.29, 0.717) is 13.2 Å². The van der Waals surface area contributed by atoms with Gasteiger partial charge in [-0.15, -0.1) is 0 Å². The van der Waals surface area contributed by atoms with Crippen molar-refractivity contribution in [2.75, 3.05) is 51.2 Å². The van der Waals surface area contributed by atoms with Gasteiger partial charge in [-0.3, -0.25) is 14.6 Å². The van der Waals surface area contributed by atoms with E-state index in [4.69, 9.17) is 16.3 Å². The second kappa shape index (κ2) is 11.3. The van der Waals surface area contributed by atoms with Crippen LogP contribution < -0.4 is 10.1 Å². The highest BCUT2D eigenvalue weighted by molar-refractivity contribution is 6.32. The summed E-state index contributed by atoms with van der Waals surface area (Å²) in [7, 11) is 0. The van der Waals surface area contributed by atoms with Crippen LogP contribution in [-0.2, 0) is 17.6 Å². The minimum absolute atomic E-state index is 0.0301. The molecule has 1 aliphatic rings. The molecule has 0 bridgehead atoms. The van der Waals surface area contributed by atoms with Crippen LogP contribution in [0.3, 0.4) is 0 Å². The molecule has 30 heavy (non-hydrogen) atoms. The smallest absolute Gasteiger partial charge is 0.238 e. The van der Waals surface area contributed by atoms with Crippen molar-refractivity contribution in [3.05, 3.63) is 58.6 Å². The molecule has 1 amide bonds. The van der Waals surface area contributed by atoms with E-state index in [9.17, 15) is 4.79 Å². The molecule has 0 spiro atoms. The average molecular weight is 430 g/mol. The number of rotatable bonds is 9. The zero-order valence-electron chi connectivity index (χ0n) is 18.0. The number of halogens is 1. The summed E-state index contributed by atoms with van der Waals surface area (Å²) in [6, 6.07) is 13.8.